The van der Waals surface area contributed by atoms with Gasteiger partial charge in [0, 0.05) is 0 Å². The van der Waals surface area contributed by atoms with Crippen molar-refractivity contribution >= 4 is 5.91 Å². The summed E-state index contributed by atoms with van der Waals surface area (Å²) in [5.74, 6) is -0.483. The van der Waals surface area contributed by atoms with Crippen molar-refractivity contribution in [2.24, 2.45) is 11.5 Å². The summed E-state index contributed by atoms with van der Waals surface area (Å²) < 4.78 is 0. The van der Waals surface area contributed by atoms with Crippen LogP contribution in [0.25, 0.3) is 0 Å². The number of nitrogens with two attached hydrogens (primary N) is 2. The van der Waals surface area contributed by atoms with Crippen molar-refractivity contribution in [1.29, 1.82) is 0 Å². The van der Waals surface area contributed by atoms with Crippen LogP contribution in [0.1, 0.15) is 5.56 Å². The van der Waals surface area contributed by atoms with Gasteiger partial charge in [0.1, 0.15) is 0 Å². The van der Waals surface area contributed by atoms with Gasteiger partial charge in [-0.15, -0.1) is 0 Å². The highest BCUT2D eigenvalue weighted by atomic mass is 16.1. The molecule has 0 aliphatic heterocycles. The molecule has 62 valence electrons. The van der Waals surface area contributed by atoms with Crippen LogP contribution in [-0.4, -0.2) is 11.9 Å². The summed E-state index contributed by atoms with van der Waals surface area (Å²) in [5.41, 5.74) is 11.4. The van der Waals surface area contributed by atoms with E-state index in [-0.39, 0.29) is 0 Å². The molecule has 3 nitrogen and oxygen atoms in total. The Morgan fingerprint density at radius 2 is 2.33 bits per heavy atom. The molecule has 1 unspecified atom stereocenters. The van der Waals surface area contributed by atoms with E-state index in [1.54, 1.807) is 12.1 Å². The van der Waals surface area contributed by atoms with Crippen LogP contribution in [0.4, 0.5) is 0 Å². The minimum absolute atomic E-state index is 0.459. The molecule has 0 spiro atoms. The topological polar surface area (TPSA) is 69.1 Å². The molecule has 1 rings (SSSR count). The summed E-state index contributed by atoms with van der Waals surface area (Å²) in [6, 6.07) is 10.2. The highest BCUT2D eigenvalue weighted by Crippen LogP contribution is 1.98. The zero-order valence-corrected chi connectivity index (χ0v) is 6.58. The number of amides is 1. The second-order valence-corrected chi connectivity index (χ2v) is 2.55. The summed E-state index contributed by atoms with van der Waals surface area (Å²) in [6.45, 7) is 0. The number of carbonyl (C=O) groups excluding carboxylic acids is 1. The van der Waals surface area contributed by atoms with Crippen LogP contribution >= 0.6 is 0 Å². The summed E-state index contributed by atoms with van der Waals surface area (Å²) in [7, 11) is 0. The van der Waals surface area contributed by atoms with Gasteiger partial charge >= 0.3 is 0 Å². The van der Waals surface area contributed by atoms with E-state index in [0.717, 1.165) is 5.56 Å². The summed E-state index contributed by atoms with van der Waals surface area (Å²) in [4.78, 5) is 10.6. The average molecular weight is 162 g/mol. The predicted molar refractivity (Wildman–Crippen MR) is 45.0 cm³/mol. The van der Waals surface area contributed by atoms with Gasteiger partial charge in [0.2, 0.25) is 5.91 Å². The Kier molecular flexibility index (Phi) is 2.67. The number of rotatable bonds is 3. The molecule has 1 aromatic rings. The lowest BCUT2D eigenvalue weighted by molar-refractivity contribution is -0.119. The number of carbonyl (C=O) groups is 1. The third kappa shape index (κ3) is 2.26. The van der Waals surface area contributed by atoms with Crippen molar-refractivity contribution in [3.63, 3.8) is 0 Å². The van der Waals surface area contributed by atoms with E-state index >= 15 is 0 Å². The quantitative estimate of drug-likeness (QED) is 0.637. The van der Waals surface area contributed by atoms with E-state index in [1.807, 2.05) is 6.07 Å². The highest BCUT2D eigenvalue weighted by molar-refractivity contribution is 5.79. The van der Waals surface area contributed by atoms with Crippen LogP contribution in [0.5, 0.6) is 0 Å². The first kappa shape index (κ1) is 8.57. The Bertz CT molecular complexity index is 258. The minimum atomic E-state index is -0.610. The van der Waals surface area contributed by atoms with Crippen molar-refractivity contribution in [1.82, 2.24) is 0 Å². The highest BCUT2D eigenvalue weighted by Gasteiger charge is 2.08. The van der Waals surface area contributed by atoms with Crippen molar-refractivity contribution in [3.8, 4) is 0 Å². The number of hydrogen-bond acceptors (Lipinski definition) is 2. The van der Waals surface area contributed by atoms with E-state index in [0.29, 0.717) is 6.42 Å². The molecule has 0 aliphatic rings. The molecule has 0 saturated carbocycles. The first-order chi connectivity index (χ1) is 5.70. The van der Waals surface area contributed by atoms with Gasteiger partial charge in [-0.2, -0.15) is 0 Å². The van der Waals surface area contributed by atoms with Crippen molar-refractivity contribution < 1.29 is 4.79 Å². The van der Waals surface area contributed by atoms with Gasteiger partial charge in [0.05, 0.1) is 6.04 Å². The molecular formula is C9H10N2O. The van der Waals surface area contributed by atoms with E-state index in [2.05, 4.69) is 12.1 Å². The fraction of sp³-hybridized carbons (Fsp3) is 0.222. The Balaban J connectivity index is 2.58. The fourth-order valence-electron chi connectivity index (χ4n) is 0.861. The largest absolute Gasteiger partial charge is 0.368 e. The maximum absolute atomic E-state index is 10.6. The van der Waals surface area contributed by atoms with Gasteiger partial charge in [0.25, 0.3) is 0 Å². The third-order valence-electron chi connectivity index (χ3n) is 1.54. The fourth-order valence-corrected chi connectivity index (χ4v) is 0.861. The number of primary amides is 1. The summed E-state index contributed by atoms with van der Waals surface area (Å²) in [5, 5.41) is 0. The molecule has 1 atom stereocenters. The standard InChI is InChI=1S/C9H10N2O/c10-8(9(11)12)6-7-4-2-1-3-5-7/h2,4-5,8H,6,10H2,(H2,11,12). The molecule has 0 bridgehead atoms. The van der Waals surface area contributed by atoms with E-state index in [9.17, 15) is 4.79 Å². The van der Waals surface area contributed by atoms with Crippen LogP contribution in [0.15, 0.2) is 18.2 Å². The second-order valence-electron chi connectivity index (χ2n) is 2.55. The van der Waals surface area contributed by atoms with Crippen LogP contribution < -0.4 is 11.5 Å². The minimum Gasteiger partial charge on any atom is -0.368 e. The van der Waals surface area contributed by atoms with Crippen LogP contribution in [0, 0.1) is 12.1 Å². The molecule has 0 saturated heterocycles. The Morgan fingerprint density at radius 3 is 2.83 bits per heavy atom. The molecule has 0 fully saturated rings. The lowest BCUT2D eigenvalue weighted by atomic mass is 10.1. The lowest BCUT2D eigenvalue weighted by Gasteiger charge is -2.05. The van der Waals surface area contributed by atoms with Crippen LogP contribution in [-0.2, 0) is 11.2 Å². The van der Waals surface area contributed by atoms with Crippen LogP contribution in [0.2, 0.25) is 0 Å². The van der Waals surface area contributed by atoms with Gasteiger partial charge < -0.3 is 11.5 Å². The normalized spacial score (nSPS) is 11.8. The monoisotopic (exact) mass is 162 g/mol. The Hall–Kier alpha value is -1.53. The molecule has 1 aromatic carbocycles. The molecule has 0 radical (unpaired) electrons. The van der Waals surface area contributed by atoms with Gasteiger partial charge in [-0.3, -0.25) is 4.79 Å². The van der Waals surface area contributed by atoms with E-state index < -0.39 is 11.9 Å². The molecule has 4 N–H and O–H groups in total. The molecule has 1 amide bonds. The molecular weight excluding hydrogens is 152 g/mol. The maximum atomic E-state index is 10.6. The zero-order chi connectivity index (χ0) is 8.97. The van der Waals surface area contributed by atoms with Crippen molar-refractivity contribution in [3.05, 3.63) is 35.9 Å². The maximum Gasteiger partial charge on any atom is 0.234 e. The molecule has 12 heavy (non-hydrogen) atoms. The van der Waals surface area contributed by atoms with Crippen molar-refractivity contribution in [2.45, 2.75) is 12.5 Å². The average Bonchev–Trinajstić information content (AvgIpc) is 2.06. The lowest BCUT2D eigenvalue weighted by Crippen LogP contribution is -2.38. The van der Waals surface area contributed by atoms with Crippen molar-refractivity contribution in [2.75, 3.05) is 0 Å². The number of hydrogen-bond donors (Lipinski definition) is 2. The SMILES string of the molecule is NC(=O)C(N)Cc1cc#ccc1. The van der Waals surface area contributed by atoms with Crippen LogP contribution in [0.3, 0.4) is 0 Å². The smallest absolute Gasteiger partial charge is 0.234 e. The molecule has 0 heterocycles. The zero-order valence-electron chi connectivity index (χ0n) is 6.58. The van der Waals surface area contributed by atoms with E-state index in [4.69, 9.17) is 11.5 Å². The van der Waals surface area contributed by atoms with Gasteiger partial charge in [-0.25, -0.2) is 0 Å². The predicted octanol–water partition coefficient (Wildman–Crippen LogP) is -0.358. The second kappa shape index (κ2) is 3.74. The summed E-state index contributed by atoms with van der Waals surface area (Å²) >= 11 is 0. The molecule has 3 heteroatoms. The molecule has 0 aliphatic carbocycles. The first-order valence-electron chi connectivity index (χ1n) is 3.61. The van der Waals surface area contributed by atoms with Gasteiger partial charge in [-0.05, 0) is 30.2 Å². The Morgan fingerprint density at radius 1 is 1.58 bits per heavy atom. The first-order valence-corrected chi connectivity index (χ1v) is 3.61. The molecule has 0 aromatic heterocycles. The third-order valence-corrected chi connectivity index (χ3v) is 1.54. The van der Waals surface area contributed by atoms with Gasteiger partial charge in [-0.1, -0.05) is 12.1 Å². The summed E-state index contributed by atoms with van der Waals surface area (Å²) in [6.07, 6.45) is 0.459. The van der Waals surface area contributed by atoms with E-state index in [1.165, 1.54) is 0 Å². The van der Waals surface area contributed by atoms with Gasteiger partial charge in [0.15, 0.2) is 0 Å². The Labute approximate surface area is 71.4 Å².